The van der Waals surface area contributed by atoms with E-state index in [-0.39, 0.29) is 0 Å². The zero-order valence-electron chi connectivity index (χ0n) is 13.1. The topological polar surface area (TPSA) is 29.1 Å². The summed E-state index contributed by atoms with van der Waals surface area (Å²) in [6, 6.07) is 0.468. The Balaban J connectivity index is 1.64. The minimum atomic E-state index is 0.299. The fraction of sp³-hybridized carbons (Fsp3) is 0.944. The minimum Gasteiger partial charge on any atom is -0.353 e. The summed E-state index contributed by atoms with van der Waals surface area (Å²) < 4.78 is 0. The molecule has 0 spiro atoms. The van der Waals surface area contributed by atoms with Crippen LogP contribution in [0.1, 0.15) is 71.6 Å². The zero-order chi connectivity index (χ0) is 14.0. The number of piperidine rings is 1. The highest BCUT2D eigenvalue weighted by Crippen LogP contribution is 2.63. The van der Waals surface area contributed by atoms with Crippen LogP contribution in [-0.4, -0.2) is 11.9 Å². The molecule has 1 unspecified atom stereocenters. The number of nitrogens with one attached hydrogen (secondary N) is 1. The van der Waals surface area contributed by atoms with Crippen LogP contribution in [0.4, 0.5) is 0 Å². The van der Waals surface area contributed by atoms with Crippen molar-refractivity contribution in [1.82, 2.24) is 5.32 Å². The molecule has 0 aromatic carbocycles. The molecule has 4 rings (SSSR count). The van der Waals surface area contributed by atoms with Crippen LogP contribution in [0.25, 0.3) is 0 Å². The molecule has 112 valence electrons. The lowest BCUT2D eigenvalue weighted by atomic mass is 9.48. The number of carbonyl (C=O) groups is 1. The summed E-state index contributed by atoms with van der Waals surface area (Å²) in [5.74, 6) is 3.11. The summed E-state index contributed by atoms with van der Waals surface area (Å²) in [6.07, 6.45) is 11.8. The van der Waals surface area contributed by atoms with Crippen molar-refractivity contribution in [3.63, 3.8) is 0 Å². The van der Waals surface area contributed by atoms with Gasteiger partial charge in [-0.25, -0.2) is 0 Å². The summed E-state index contributed by atoms with van der Waals surface area (Å²) in [5, 5.41) is 3.32. The van der Waals surface area contributed by atoms with Gasteiger partial charge in [-0.3, -0.25) is 4.79 Å². The molecular formula is C18H29NO. The molecule has 6 atom stereocenters. The third kappa shape index (κ3) is 1.66. The first-order valence-electron chi connectivity index (χ1n) is 8.82. The standard InChI is InChI=1S/C18H29NO/c1-17-9-3-4-13(17)12-5-6-15-18(2,14(12)7-10-17)11-8-16(20)19-15/h12-15H,3-11H2,1-2H3,(H,19,20)/t12-,13+,14+,15?,17+,18-/m1/s1. The average molecular weight is 275 g/mol. The number of hydrogen-bond donors (Lipinski definition) is 1. The first-order valence-corrected chi connectivity index (χ1v) is 8.82. The van der Waals surface area contributed by atoms with Gasteiger partial charge < -0.3 is 5.32 Å². The molecule has 0 bridgehead atoms. The van der Waals surface area contributed by atoms with Crippen LogP contribution in [0, 0.1) is 28.6 Å². The first kappa shape index (κ1) is 13.2. The maximum Gasteiger partial charge on any atom is 0.220 e. The molecule has 2 nitrogen and oxygen atoms in total. The van der Waals surface area contributed by atoms with E-state index in [1.165, 1.54) is 44.9 Å². The molecule has 0 aromatic heterocycles. The van der Waals surface area contributed by atoms with Gasteiger partial charge in [0.15, 0.2) is 0 Å². The third-order valence-corrected chi connectivity index (χ3v) is 7.88. The minimum absolute atomic E-state index is 0.299. The number of fused-ring (bicyclic) bond motifs is 5. The van der Waals surface area contributed by atoms with Crippen molar-refractivity contribution < 1.29 is 4.79 Å². The van der Waals surface area contributed by atoms with E-state index < -0.39 is 0 Å². The Morgan fingerprint density at radius 2 is 1.85 bits per heavy atom. The fourth-order valence-electron chi connectivity index (χ4n) is 6.70. The quantitative estimate of drug-likeness (QED) is 0.714. The molecule has 2 heteroatoms. The Morgan fingerprint density at radius 1 is 1.00 bits per heavy atom. The van der Waals surface area contributed by atoms with E-state index in [4.69, 9.17) is 0 Å². The highest BCUT2D eigenvalue weighted by molar-refractivity contribution is 5.77. The Morgan fingerprint density at radius 3 is 2.70 bits per heavy atom. The summed E-state index contributed by atoms with van der Waals surface area (Å²) in [4.78, 5) is 11.7. The van der Waals surface area contributed by atoms with Crippen LogP contribution >= 0.6 is 0 Å². The van der Waals surface area contributed by atoms with Gasteiger partial charge in [0.1, 0.15) is 0 Å². The van der Waals surface area contributed by atoms with Gasteiger partial charge in [-0.15, -0.1) is 0 Å². The Labute approximate surface area is 123 Å². The molecule has 3 saturated carbocycles. The van der Waals surface area contributed by atoms with Crippen molar-refractivity contribution in [2.75, 3.05) is 0 Å². The summed E-state index contributed by atoms with van der Waals surface area (Å²) in [5.41, 5.74) is 1.04. The molecule has 1 N–H and O–H groups in total. The third-order valence-electron chi connectivity index (χ3n) is 7.88. The molecule has 1 aliphatic heterocycles. The Kier molecular flexibility index (Phi) is 2.79. The van der Waals surface area contributed by atoms with Crippen molar-refractivity contribution in [1.29, 1.82) is 0 Å². The lowest BCUT2D eigenvalue weighted by Gasteiger charge is -2.59. The van der Waals surface area contributed by atoms with Crippen LogP contribution in [-0.2, 0) is 4.79 Å². The van der Waals surface area contributed by atoms with Crippen molar-refractivity contribution in [2.24, 2.45) is 28.6 Å². The monoisotopic (exact) mass is 275 g/mol. The molecule has 1 amide bonds. The summed E-state index contributed by atoms with van der Waals surface area (Å²) >= 11 is 0. The van der Waals surface area contributed by atoms with Gasteiger partial charge in [0.2, 0.25) is 5.91 Å². The van der Waals surface area contributed by atoms with E-state index in [1.54, 1.807) is 0 Å². The van der Waals surface area contributed by atoms with Crippen LogP contribution in [0.2, 0.25) is 0 Å². The van der Waals surface area contributed by atoms with Crippen molar-refractivity contribution >= 4 is 5.91 Å². The van der Waals surface area contributed by atoms with Crippen LogP contribution in [0.15, 0.2) is 0 Å². The molecule has 4 fully saturated rings. The van der Waals surface area contributed by atoms with Gasteiger partial charge in [0.25, 0.3) is 0 Å². The number of hydrogen-bond acceptors (Lipinski definition) is 1. The van der Waals surface area contributed by atoms with Crippen molar-refractivity contribution in [3.8, 4) is 0 Å². The van der Waals surface area contributed by atoms with E-state index in [0.29, 0.717) is 22.8 Å². The van der Waals surface area contributed by atoms with E-state index >= 15 is 0 Å². The maximum absolute atomic E-state index is 11.7. The number of carbonyl (C=O) groups excluding carboxylic acids is 1. The predicted octanol–water partition coefficient (Wildman–Crippen LogP) is 3.90. The molecule has 1 saturated heterocycles. The normalized spacial score (nSPS) is 54.6. The lowest BCUT2D eigenvalue weighted by molar-refractivity contribution is -0.135. The fourth-order valence-corrected chi connectivity index (χ4v) is 6.70. The highest BCUT2D eigenvalue weighted by atomic mass is 16.1. The predicted molar refractivity (Wildman–Crippen MR) is 80.2 cm³/mol. The molecule has 20 heavy (non-hydrogen) atoms. The SMILES string of the molecule is C[C@@]12CCC[C@H]1[C@H]1CCC3NC(=O)CC[C@]3(C)[C@H]1CC2. The zero-order valence-corrected chi connectivity index (χ0v) is 13.1. The van der Waals surface area contributed by atoms with Crippen LogP contribution in [0.3, 0.4) is 0 Å². The van der Waals surface area contributed by atoms with E-state index in [9.17, 15) is 4.79 Å². The van der Waals surface area contributed by atoms with Crippen molar-refractivity contribution in [3.05, 3.63) is 0 Å². The molecule has 1 heterocycles. The number of rotatable bonds is 0. The largest absolute Gasteiger partial charge is 0.353 e. The highest BCUT2D eigenvalue weighted by Gasteiger charge is 2.57. The van der Waals surface area contributed by atoms with E-state index in [1.807, 2.05) is 0 Å². The molecule has 0 aromatic rings. The molecule has 0 radical (unpaired) electrons. The average Bonchev–Trinajstić information content (AvgIpc) is 2.81. The molecule has 4 aliphatic rings. The van der Waals surface area contributed by atoms with Gasteiger partial charge in [0, 0.05) is 12.5 Å². The van der Waals surface area contributed by atoms with Gasteiger partial charge in [0.05, 0.1) is 0 Å². The summed E-state index contributed by atoms with van der Waals surface area (Å²) in [6.45, 7) is 5.06. The smallest absolute Gasteiger partial charge is 0.220 e. The molecular weight excluding hydrogens is 246 g/mol. The second kappa shape index (κ2) is 4.24. The van der Waals surface area contributed by atoms with Gasteiger partial charge in [-0.1, -0.05) is 20.3 Å². The van der Waals surface area contributed by atoms with E-state index in [0.717, 1.165) is 30.6 Å². The second-order valence-electron chi connectivity index (χ2n) is 8.67. The maximum atomic E-state index is 11.7. The lowest BCUT2D eigenvalue weighted by Crippen LogP contribution is -2.60. The Hall–Kier alpha value is -0.530. The van der Waals surface area contributed by atoms with Gasteiger partial charge >= 0.3 is 0 Å². The van der Waals surface area contributed by atoms with Gasteiger partial charge in [-0.05, 0) is 73.5 Å². The van der Waals surface area contributed by atoms with Crippen LogP contribution in [0.5, 0.6) is 0 Å². The molecule has 3 aliphatic carbocycles. The van der Waals surface area contributed by atoms with Crippen molar-refractivity contribution in [2.45, 2.75) is 77.7 Å². The second-order valence-corrected chi connectivity index (χ2v) is 8.67. The Bertz CT molecular complexity index is 433. The first-order chi connectivity index (χ1) is 9.53. The van der Waals surface area contributed by atoms with Gasteiger partial charge in [-0.2, -0.15) is 0 Å². The summed E-state index contributed by atoms with van der Waals surface area (Å²) in [7, 11) is 0. The number of amides is 1. The van der Waals surface area contributed by atoms with Crippen LogP contribution < -0.4 is 5.32 Å². The van der Waals surface area contributed by atoms with E-state index in [2.05, 4.69) is 19.2 Å².